The van der Waals surface area contributed by atoms with Gasteiger partial charge in [-0.25, -0.2) is 8.78 Å². The van der Waals surface area contributed by atoms with Crippen molar-refractivity contribution in [1.82, 2.24) is 10.1 Å². The molecule has 1 aromatic heterocycles. The molecule has 0 aliphatic rings. The Hall–Kier alpha value is -1.75. The third-order valence-corrected chi connectivity index (χ3v) is 3.20. The molecule has 0 amide bonds. The van der Waals surface area contributed by atoms with Crippen LogP contribution in [0.4, 0.5) is 8.78 Å². The quantitative estimate of drug-likeness (QED) is 0.840. The maximum absolute atomic E-state index is 13.9. The first-order chi connectivity index (χ1) is 9.51. The summed E-state index contributed by atoms with van der Waals surface area (Å²) >= 11 is 0. The van der Waals surface area contributed by atoms with Gasteiger partial charge in [0.05, 0.1) is 12.2 Å². The van der Waals surface area contributed by atoms with E-state index in [0.717, 1.165) is 12.1 Å². The van der Waals surface area contributed by atoms with Gasteiger partial charge in [-0.05, 0) is 32.0 Å². The van der Waals surface area contributed by atoms with Crippen molar-refractivity contribution in [2.45, 2.75) is 33.4 Å². The van der Waals surface area contributed by atoms with Crippen molar-refractivity contribution in [2.24, 2.45) is 0 Å². The number of hydrogen-bond acceptors (Lipinski definition) is 3. The Balaban J connectivity index is 2.08. The summed E-state index contributed by atoms with van der Waals surface area (Å²) in [4.78, 5) is 1.79. The van der Waals surface area contributed by atoms with Gasteiger partial charge in [0.25, 0.3) is 0 Å². The zero-order valence-corrected chi connectivity index (χ0v) is 11.9. The van der Waals surface area contributed by atoms with E-state index in [1.807, 2.05) is 13.0 Å². The summed E-state index contributed by atoms with van der Waals surface area (Å²) in [7, 11) is 1.79. The molecule has 0 atom stereocenters. The molecule has 2 rings (SSSR count). The van der Waals surface area contributed by atoms with Crippen LogP contribution in [0.2, 0.25) is 0 Å². The molecule has 0 radical (unpaired) electrons. The first kappa shape index (κ1) is 14.7. The topological polar surface area (TPSA) is 29.3 Å². The molecule has 108 valence electrons. The first-order valence-corrected chi connectivity index (χ1v) is 6.57. The highest BCUT2D eigenvalue weighted by Crippen LogP contribution is 2.18. The average molecular weight is 280 g/mol. The van der Waals surface area contributed by atoms with Crippen LogP contribution in [0.15, 0.2) is 22.7 Å². The Labute approximate surface area is 117 Å². The minimum atomic E-state index is -0.522. The van der Waals surface area contributed by atoms with Crippen molar-refractivity contribution in [2.75, 3.05) is 7.05 Å². The highest BCUT2D eigenvalue weighted by molar-refractivity contribution is 5.26. The van der Waals surface area contributed by atoms with E-state index in [0.29, 0.717) is 17.9 Å². The molecule has 0 spiro atoms. The molecule has 0 aliphatic heterocycles. The molecule has 5 heteroatoms. The fourth-order valence-corrected chi connectivity index (χ4v) is 2.05. The minimum absolute atomic E-state index is 0.0859. The lowest BCUT2D eigenvalue weighted by Crippen LogP contribution is -2.19. The van der Waals surface area contributed by atoms with E-state index >= 15 is 0 Å². The van der Waals surface area contributed by atoms with Crippen LogP contribution in [-0.2, 0) is 19.5 Å². The molecule has 0 N–H and O–H groups in total. The van der Waals surface area contributed by atoms with Gasteiger partial charge in [-0.15, -0.1) is 0 Å². The Kier molecular flexibility index (Phi) is 4.49. The number of halogens is 2. The normalized spacial score (nSPS) is 11.3. The van der Waals surface area contributed by atoms with Gasteiger partial charge >= 0.3 is 0 Å². The second-order valence-corrected chi connectivity index (χ2v) is 4.97. The molecule has 20 heavy (non-hydrogen) atoms. The molecule has 0 saturated carbocycles. The van der Waals surface area contributed by atoms with Crippen LogP contribution in [0.3, 0.4) is 0 Å². The van der Waals surface area contributed by atoms with Gasteiger partial charge in [0.2, 0.25) is 0 Å². The minimum Gasteiger partial charge on any atom is -0.360 e. The van der Waals surface area contributed by atoms with Crippen LogP contribution in [0.25, 0.3) is 0 Å². The van der Waals surface area contributed by atoms with Crippen LogP contribution in [-0.4, -0.2) is 17.1 Å². The Morgan fingerprint density at radius 2 is 2.00 bits per heavy atom. The third-order valence-electron chi connectivity index (χ3n) is 3.20. The molecule has 1 aromatic carbocycles. The molecule has 0 fully saturated rings. The number of benzene rings is 1. The average Bonchev–Trinajstić information content (AvgIpc) is 2.87. The maximum atomic E-state index is 13.9. The molecule has 0 saturated heterocycles. The fraction of sp³-hybridized carbons (Fsp3) is 0.400. The van der Waals surface area contributed by atoms with E-state index in [-0.39, 0.29) is 12.1 Å². The zero-order valence-electron chi connectivity index (χ0n) is 11.9. The van der Waals surface area contributed by atoms with E-state index < -0.39 is 11.6 Å². The van der Waals surface area contributed by atoms with Gasteiger partial charge in [0.15, 0.2) is 5.76 Å². The van der Waals surface area contributed by atoms with E-state index in [1.54, 1.807) is 18.9 Å². The van der Waals surface area contributed by atoms with Crippen molar-refractivity contribution in [3.63, 3.8) is 0 Å². The molecule has 0 bridgehead atoms. The largest absolute Gasteiger partial charge is 0.360 e. The number of rotatable bonds is 5. The summed E-state index contributed by atoms with van der Waals surface area (Å²) in [5, 5.41) is 3.89. The molecular weight excluding hydrogens is 262 g/mol. The summed E-state index contributed by atoms with van der Waals surface area (Å²) in [5.41, 5.74) is 1.41. The summed E-state index contributed by atoms with van der Waals surface area (Å²) in [6, 6.07) is 4.60. The van der Waals surface area contributed by atoms with Crippen LogP contribution < -0.4 is 0 Å². The van der Waals surface area contributed by atoms with Gasteiger partial charge in [0.1, 0.15) is 11.6 Å². The summed E-state index contributed by atoms with van der Waals surface area (Å²) < 4.78 is 32.8. The van der Waals surface area contributed by atoms with Crippen LogP contribution in [0, 0.1) is 18.6 Å². The number of aromatic nitrogens is 1. The number of aryl methyl sites for hydroxylation is 2. The molecule has 0 unspecified atom stereocenters. The van der Waals surface area contributed by atoms with Crippen molar-refractivity contribution in [1.29, 1.82) is 0 Å². The molecule has 3 nitrogen and oxygen atoms in total. The monoisotopic (exact) mass is 280 g/mol. The van der Waals surface area contributed by atoms with Crippen molar-refractivity contribution < 1.29 is 13.3 Å². The molecular formula is C15H18F2N2O. The second-order valence-electron chi connectivity index (χ2n) is 4.97. The SMILES string of the molecule is CCc1cc(CN(C)Cc2c(F)ccc(C)c2F)on1. The Bertz CT molecular complexity index is 596. The summed E-state index contributed by atoms with van der Waals surface area (Å²) in [6.07, 6.45) is 0.800. The van der Waals surface area contributed by atoms with E-state index in [1.165, 1.54) is 12.1 Å². The van der Waals surface area contributed by atoms with Gasteiger partial charge in [-0.3, -0.25) is 4.90 Å². The second kappa shape index (κ2) is 6.13. The van der Waals surface area contributed by atoms with E-state index in [9.17, 15) is 8.78 Å². The fourth-order valence-electron chi connectivity index (χ4n) is 2.05. The first-order valence-electron chi connectivity index (χ1n) is 6.57. The zero-order chi connectivity index (χ0) is 14.7. The Morgan fingerprint density at radius 1 is 1.25 bits per heavy atom. The molecule has 1 heterocycles. The van der Waals surface area contributed by atoms with Gasteiger partial charge in [0, 0.05) is 18.2 Å². The standard InChI is InChI=1S/C15H18F2N2O/c1-4-11-7-12(20-18-11)8-19(3)9-13-14(16)6-5-10(2)15(13)17/h5-7H,4,8-9H2,1-3H3. The van der Waals surface area contributed by atoms with E-state index in [4.69, 9.17) is 4.52 Å². The van der Waals surface area contributed by atoms with Crippen LogP contribution >= 0.6 is 0 Å². The Morgan fingerprint density at radius 3 is 2.65 bits per heavy atom. The lowest BCUT2D eigenvalue weighted by atomic mass is 10.1. The van der Waals surface area contributed by atoms with Gasteiger partial charge < -0.3 is 4.52 Å². The lowest BCUT2D eigenvalue weighted by molar-refractivity contribution is 0.259. The third kappa shape index (κ3) is 3.22. The predicted octanol–water partition coefficient (Wildman–Crippen LogP) is 3.46. The highest BCUT2D eigenvalue weighted by Gasteiger charge is 2.14. The van der Waals surface area contributed by atoms with E-state index in [2.05, 4.69) is 5.16 Å². The number of hydrogen-bond donors (Lipinski definition) is 0. The number of nitrogens with zero attached hydrogens (tertiary/aromatic N) is 2. The smallest absolute Gasteiger partial charge is 0.150 e. The summed E-state index contributed by atoms with van der Waals surface area (Å²) in [6.45, 7) is 4.26. The molecule has 2 aromatic rings. The highest BCUT2D eigenvalue weighted by atomic mass is 19.1. The van der Waals surface area contributed by atoms with Crippen LogP contribution in [0.1, 0.15) is 29.5 Å². The van der Waals surface area contributed by atoms with Gasteiger partial charge in [-0.2, -0.15) is 0 Å². The van der Waals surface area contributed by atoms with Crippen molar-refractivity contribution >= 4 is 0 Å². The summed E-state index contributed by atoms with van der Waals surface area (Å²) in [5.74, 6) is -0.312. The van der Waals surface area contributed by atoms with Crippen LogP contribution in [0.5, 0.6) is 0 Å². The maximum Gasteiger partial charge on any atom is 0.150 e. The van der Waals surface area contributed by atoms with Gasteiger partial charge in [-0.1, -0.05) is 18.1 Å². The molecule has 0 aliphatic carbocycles. The van der Waals surface area contributed by atoms with Crippen molar-refractivity contribution in [3.8, 4) is 0 Å². The lowest BCUT2D eigenvalue weighted by Gasteiger charge is -2.16. The predicted molar refractivity (Wildman–Crippen MR) is 72.1 cm³/mol. The van der Waals surface area contributed by atoms with Crippen molar-refractivity contribution in [3.05, 3.63) is 52.4 Å².